The van der Waals surface area contributed by atoms with Crippen molar-refractivity contribution in [3.8, 4) is 0 Å². The zero-order chi connectivity index (χ0) is 12.1. The number of rotatable bonds is 5. The van der Waals surface area contributed by atoms with Gasteiger partial charge in [0.1, 0.15) is 0 Å². The summed E-state index contributed by atoms with van der Waals surface area (Å²) in [6.45, 7) is 0.597. The Hall–Kier alpha value is -1.26. The van der Waals surface area contributed by atoms with Crippen LogP contribution in [0.2, 0.25) is 0 Å². The lowest BCUT2D eigenvalue weighted by molar-refractivity contribution is 0.680. The number of fused-ring (bicyclic) bond motifs is 1. The summed E-state index contributed by atoms with van der Waals surface area (Å²) >= 11 is 0. The number of nitrogens with zero attached hydrogens (tertiary/aromatic N) is 1. The highest BCUT2D eigenvalue weighted by Crippen LogP contribution is 2.17. The molecule has 0 spiro atoms. The van der Waals surface area contributed by atoms with Crippen LogP contribution in [0.15, 0.2) is 36.5 Å². The van der Waals surface area contributed by atoms with Gasteiger partial charge in [-0.15, -0.1) is 0 Å². The Morgan fingerprint density at radius 3 is 2.88 bits per heavy atom. The van der Waals surface area contributed by atoms with Crippen molar-refractivity contribution in [1.29, 1.82) is 0 Å². The van der Waals surface area contributed by atoms with Crippen molar-refractivity contribution in [2.75, 3.05) is 12.3 Å². The SMILES string of the molecule is NCCCS(=O)Cc1cccc2cccnc12. The van der Waals surface area contributed by atoms with Crippen LogP contribution in [0.5, 0.6) is 0 Å². The topological polar surface area (TPSA) is 56.0 Å². The van der Waals surface area contributed by atoms with Crippen LogP contribution >= 0.6 is 0 Å². The molecule has 2 rings (SSSR count). The fraction of sp³-hybridized carbons (Fsp3) is 0.308. The first-order valence-electron chi connectivity index (χ1n) is 5.69. The molecule has 0 saturated carbocycles. The summed E-state index contributed by atoms with van der Waals surface area (Å²) in [6, 6.07) is 9.94. The van der Waals surface area contributed by atoms with E-state index in [1.165, 1.54) is 0 Å². The molecule has 0 bridgehead atoms. The highest BCUT2D eigenvalue weighted by atomic mass is 32.2. The second-order valence-electron chi connectivity index (χ2n) is 3.92. The van der Waals surface area contributed by atoms with Crippen LogP contribution in [-0.2, 0) is 16.6 Å². The van der Waals surface area contributed by atoms with Crippen molar-refractivity contribution in [3.63, 3.8) is 0 Å². The summed E-state index contributed by atoms with van der Waals surface area (Å²) < 4.78 is 11.8. The van der Waals surface area contributed by atoms with Crippen LogP contribution in [0, 0.1) is 0 Å². The molecular weight excluding hydrogens is 232 g/mol. The minimum absolute atomic E-state index is 0.564. The summed E-state index contributed by atoms with van der Waals surface area (Å²) in [4.78, 5) is 4.36. The third kappa shape index (κ3) is 3.11. The van der Waals surface area contributed by atoms with Crippen molar-refractivity contribution in [1.82, 2.24) is 4.98 Å². The molecule has 2 N–H and O–H groups in total. The van der Waals surface area contributed by atoms with E-state index in [0.717, 1.165) is 22.9 Å². The first-order chi connectivity index (χ1) is 8.31. The van der Waals surface area contributed by atoms with E-state index in [-0.39, 0.29) is 0 Å². The van der Waals surface area contributed by atoms with Gasteiger partial charge in [0.15, 0.2) is 0 Å². The Balaban J connectivity index is 2.21. The van der Waals surface area contributed by atoms with Gasteiger partial charge in [0.2, 0.25) is 0 Å². The number of hydrogen-bond acceptors (Lipinski definition) is 3. The molecule has 17 heavy (non-hydrogen) atoms. The normalized spacial score (nSPS) is 12.8. The maximum Gasteiger partial charge on any atom is 0.0743 e. The van der Waals surface area contributed by atoms with Gasteiger partial charge in [0, 0.05) is 28.1 Å². The molecule has 0 radical (unpaired) electrons. The largest absolute Gasteiger partial charge is 0.330 e. The van der Waals surface area contributed by atoms with E-state index < -0.39 is 10.8 Å². The lowest BCUT2D eigenvalue weighted by atomic mass is 10.1. The Morgan fingerprint density at radius 2 is 2.06 bits per heavy atom. The quantitative estimate of drug-likeness (QED) is 0.878. The fourth-order valence-corrected chi connectivity index (χ4v) is 2.99. The van der Waals surface area contributed by atoms with Gasteiger partial charge >= 0.3 is 0 Å². The molecule has 2 aromatic rings. The molecule has 3 nitrogen and oxygen atoms in total. The molecule has 1 aromatic heterocycles. The van der Waals surface area contributed by atoms with E-state index in [1.54, 1.807) is 6.20 Å². The van der Waals surface area contributed by atoms with Crippen molar-refractivity contribution in [3.05, 3.63) is 42.1 Å². The van der Waals surface area contributed by atoms with Gasteiger partial charge in [-0.05, 0) is 24.6 Å². The van der Waals surface area contributed by atoms with E-state index in [2.05, 4.69) is 4.98 Å². The van der Waals surface area contributed by atoms with Crippen molar-refractivity contribution in [2.24, 2.45) is 5.73 Å². The third-order valence-corrected chi connectivity index (χ3v) is 3.99. The van der Waals surface area contributed by atoms with Crippen molar-refractivity contribution >= 4 is 21.7 Å². The summed E-state index contributed by atoms with van der Waals surface area (Å²) in [6.07, 6.45) is 2.58. The highest BCUT2D eigenvalue weighted by molar-refractivity contribution is 7.84. The molecule has 0 fully saturated rings. The molecule has 0 saturated heterocycles. The molecule has 1 aromatic carbocycles. The average molecular weight is 248 g/mol. The predicted molar refractivity (Wildman–Crippen MR) is 72.1 cm³/mol. The van der Waals surface area contributed by atoms with Gasteiger partial charge < -0.3 is 5.73 Å². The van der Waals surface area contributed by atoms with E-state index >= 15 is 0 Å². The van der Waals surface area contributed by atoms with Gasteiger partial charge in [-0.1, -0.05) is 24.3 Å². The summed E-state index contributed by atoms with van der Waals surface area (Å²) in [5, 5.41) is 1.10. The molecule has 0 aliphatic heterocycles. The van der Waals surface area contributed by atoms with Gasteiger partial charge in [0.05, 0.1) is 11.3 Å². The number of nitrogens with two attached hydrogens (primary N) is 1. The van der Waals surface area contributed by atoms with E-state index in [0.29, 0.717) is 18.1 Å². The molecule has 4 heteroatoms. The molecule has 1 unspecified atom stereocenters. The van der Waals surface area contributed by atoms with Crippen LogP contribution in [0.1, 0.15) is 12.0 Å². The van der Waals surface area contributed by atoms with E-state index in [4.69, 9.17) is 5.73 Å². The maximum absolute atomic E-state index is 11.8. The van der Waals surface area contributed by atoms with Crippen LogP contribution in [-0.4, -0.2) is 21.5 Å². The minimum atomic E-state index is -0.847. The van der Waals surface area contributed by atoms with E-state index in [9.17, 15) is 4.21 Å². The standard InChI is InChI=1S/C13H16N2OS/c14-7-3-9-17(16)10-12-5-1-4-11-6-2-8-15-13(11)12/h1-2,4-6,8H,3,7,9-10,14H2. The van der Waals surface area contributed by atoms with Crippen molar-refractivity contribution < 1.29 is 4.21 Å². The average Bonchev–Trinajstić information content (AvgIpc) is 2.37. The first-order valence-corrected chi connectivity index (χ1v) is 7.18. The first kappa shape index (κ1) is 12.2. The lowest BCUT2D eigenvalue weighted by Gasteiger charge is -2.05. The second kappa shape index (κ2) is 5.89. The number of aromatic nitrogens is 1. The minimum Gasteiger partial charge on any atom is -0.330 e. The lowest BCUT2D eigenvalue weighted by Crippen LogP contribution is -2.07. The Bertz CT molecular complexity index is 522. The van der Waals surface area contributed by atoms with Gasteiger partial charge in [-0.25, -0.2) is 0 Å². The zero-order valence-electron chi connectivity index (χ0n) is 9.63. The Labute approximate surface area is 104 Å². The van der Waals surface area contributed by atoms with Gasteiger partial charge in [0.25, 0.3) is 0 Å². The summed E-state index contributed by atoms with van der Waals surface area (Å²) in [5.41, 5.74) is 7.42. The van der Waals surface area contributed by atoms with Crippen LogP contribution < -0.4 is 5.73 Å². The van der Waals surface area contributed by atoms with Crippen molar-refractivity contribution in [2.45, 2.75) is 12.2 Å². The Kier molecular flexibility index (Phi) is 4.23. The molecule has 0 aliphatic rings. The van der Waals surface area contributed by atoms with Crippen LogP contribution in [0.25, 0.3) is 10.9 Å². The Morgan fingerprint density at radius 1 is 1.24 bits per heavy atom. The number of benzene rings is 1. The monoisotopic (exact) mass is 248 g/mol. The van der Waals surface area contributed by atoms with Crippen LogP contribution in [0.3, 0.4) is 0 Å². The number of pyridine rings is 1. The molecule has 1 atom stereocenters. The van der Waals surface area contributed by atoms with E-state index in [1.807, 2.05) is 30.3 Å². The predicted octanol–water partition coefficient (Wildman–Crippen LogP) is 1.83. The third-order valence-electron chi connectivity index (χ3n) is 2.61. The molecule has 90 valence electrons. The highest BCUT2D eigenvalue weighted by Gasteiger charge is 2.05. The second-order valence-corrected chi connectivity index (χ2v) is 5.50. The summed E-state index contributed by atoms with van der Waals surface area (Å²) in [5.74, 6) is 1.23. The smallest absolute Gasteiger partial charge is 0.0743 e. The summed E-state index contributed by atoms with van der Waals surface area (Å²) in [7, 11) is -0.847. The number of hydrogen-bond donors (Lipinski definition) is 1. The molecule has 0 amide bonds. The van der Waals surface area contributed by atoms with Crippen LogP contribution in [0.4, 0.5) is 0 Å². The molecule has 1 heterocycles. The fourth-order valence-electron chi connectivity index (χ4n) is 1.77. The zero-order valence-corrected chi connectivity index (χ0v) is 10.5. The maximum atomic E-state index is 11.8. The van der Waals surface area contributed by atoms with Gasteiger partial charge in [-0.3, -0.25) is 9.19 Å². The molecule has 0 aliphatic carbocycles. The van der Waals surface area contributed by atoms with Gasteiger partial charge in [-0.2, -0.15) is 0 Å². The molecular formula is C13H16N2OS. The number of para-hydroxylation sites is 1.